The first-order valence-corrected chi connectivity index (χ1v) is 12.0. The van der Waals surface area contributed by atoms with Crippen LogP contribution in [0.5, 0.6) is 0 Å². The highest BCUT2D eigenvalue weighted by Crippen LogP contribution is 2.19. The van der Waals surface area contributed by atoms with Gasteiger partial charge in [0, 0.05) is 6.61 Å². The molecule has 0 N–H and O–H groups in total. The third-order valence-corrected chi connectivity index (χ3v) is 5.03. The summed E-state index contributed by atoms with van der Waals surface area (Å²) in [4.78, 5) is 0. The second kappa shape index (κ2) is 16.5. The van der Waals surface area contributed by atoms with Crippen LogP contribution in [0, 0.1) is 5.92 Å². The summed E-state index contributed by atoms with van der Waals surface area (Å²) in [5.74, 6) is 0.828. The van der Waals surface area contributed by atoms with Crippen LogP contribution < -0.4 is 0 Å². The molecular weight excluding hydrogens is 272 g/mol. The van der Waals surface area contributed by atoms with Crippen molar-refractivity contribution in [1.82, 2.24) is 0 Å². The molecule has 1 nitrogen and oxygen atoms in total. The summed E-state index contributed by atoms with van der Waals surface area (Å²) in [5, 5.41) is 0. The first kappa shape index (κ1) is 21.2. The molecule has 0 aromatic carbocycles. The van der Waals surface area contributed by atoms with Gasteiger partial charge in [0.25, 0.3) is 0 Å². The zero-order valence-corrected chi connectivity index (χ0v) is 16.4. The van der Waals surface area contributed by atoms with E-state index in [0.717, 1.165) is 12.5 Å². The Balaban J connectivity index is 3.48. The molecule has 0 bridgehead atoms. The second-order valence-corrected chi connectivity index (χ2v) is 8.95. The van der Waals surface area contributed by atoms with Crippen molar-refractivity contribution >= 4 is 9.04 Å². The van der Waals surface area contributed by atoms with E-state index in [1.165, 1.54) is 83.5 Å². The van der Waals surface area contributed by atoms with Gasteiger partial charge in [-0.25, -0.2) is 0 Å². The molecule has 0 fully saturated rings. The third-order valence-electron chi connectivity index (χ3n) is 4.29. The summed E-state index contributed by atoms with van der Waals surface area (Å²) in [5.41, 5.74) is 0. The summed E-state index contributed by atoms with van der Waals surface area (Å²) < 4.78 is 5.94. The van der Waals surface area contributed by atoms with Crippen molar-refractivity contribution in [3.05, 3.63) is 0 Å². The molecule has 0 spiro atoms. The molecule has 127 valence electrons. The maximum Gasteiger partial charge on any atom is 0.204 e. The number of unbranched alkanes of at least 4 members (excludes halogenated alkanes) is 9. The van der Waals surface area contributed by atoms with Crippen LogP contribution in [0.3, 0.4) is 0 Å². The molecule has 1 unspecified atom stereocenters. The van der Waals surface area contributed by atoms with Crippen LogP contribution in [0.15, 0.2) is 0 Å². The van der Waals surface area contributed by atoms with Crippen LogP contribution in [0.1, 0.15) is 97.3 Å². The normalized spacial score (nSPS) is 13.0. The van der Waals surface area contributed by atoms with Crippen LogP contribution in [-0.4, -0.2) is 15.6 Å². The molecule has 0 amide bonds. The minimum Gasteiger partial charge on any atom is -0.417 e. The Kier molecular flexibility index (Phi) is 16.7. The third kappa shape index (κ3) is 16.4. The molecule has 0 rings (SSSR count). The first-order chi connectivity index (χ1) is 10.2. The van der Waals surface area contributed by atoms with Crippen molar-refractivity contribution < 1.29 is 4.43 Å². The van der Waals surface area contributed by atoms with Crippen LogP contribution in [0.2, 0.25) is 13.1 Å². The van der Waals surface area contributed by atoms with Gasteiger partial charge in [-0.15, -0.1) is 0 Å². The Bertz CT molecular complexity index is 194. The van der Waals surface area contributed by atoms with E-state index in [9.17, 15) is 0 Å². The van der Waals surface area contributed by atoms with E-state index in [4.69, 9.17) is 4.43 Å². The molecule has 0 saturated carbocycles. The maximum atomic E-state index is 5.94. The number of rotatable bonds is 16. The second-order valence-electron chi connectivity index (χ2n) is 6.84. The molecule has 1 radical (unpaired) electrons. The van der Waals surface area contributed by atoms with E-state index in [1.54, 1.807) is 0 Å². The van der Waals surface area contributed by atoms with Gasteiger partial charge in [0.05, 0.1) is 0 Å². The molecule has 0 aliphatic rings. The van der Waals surface area contributed by atoms with Crippen LogP contribution in [0.25, 0.3) is 0 Å². The Morgan fingerprint density at radius 1 is 0.667 bits per heavy atom. The molecular formula is C19H41OSi. The zero-order valence-electron chi connectivity index (χ0n) is 15.4. The average Bonchev–Trinajstić information content (AvgIpc) is 2.47. The van der Waals surface area contributed by atoms with Crippen molar-refractivity contribution in [3.63, 3.8) is 0 Å². The van der Waals surface area contributed by atoms with Crippen molar-refractivity contribution in [2.45, 2.75) is 110 Å². The SMILES string of the molecule is CCCCCCCCCCCC(CCCC)CO[Si](C)C. The smallest absolute Gasteiger partial charge is 0.204 e. The molecule has 0 aliphatic carbocycles. The standard InChI is InChI=1S/C19H41OSi/c1-5-7-9-10-11-12-13-14-15-17-19(16-8-6-2)18-20-21(3)4/h19H,5-18H2,1-4H3. The Morgan fingerprint density at radius 3 is 1.67 bits per heavy atom. The Hall–Kier alpha value is 0.177. The van der Waals surface area contributed by atoms with E-state index < -0.39 is 9.04 Å². The van der Waals surface area contributed by atoms with Gasteiger partial charge >= 0.3 is 0 Å². The summed E-state index contributed by atoms with van der Waals surface area (Å²) in [6.45, 7) is 10.1. The van der Waals surface area contributed by atoms with E-state index >= 15 is 0 Å². The highest BCUT2D eigenvalue weighted by atomic mass is 28.3. The fourth-order valence-corrected chi connectivity index (χ4v) is 3.40. The molecule has 0 aromatic heterocycles. The average molecular weight is 314 g/mol. The van der Waals surface area contributed by atoms with Gasteiger partial charge in [-0.3, -0.25) is 0 Å². The fraction of sp³-hybridized carbons (Fsp3) is 1.00. The van der Waals surface area contributed by atoms with E-state index in [2.05, 4.69) is 26.9 Å². The lowest BCUT2D eigenvalue weighted by atomic mass is 9.96. The van der Waals surface area contributed by atoms with Gasteiger partial charge in [0.2, 0.25) is 9.04 Å². The lowest BCUT2D eigenvalue weighted by molar-refractivity contribution is 0.228. The largest absolute Gasteiger partial charge is 0.417 e. The molecule has 0 heterocycles. The first-order valence-electron chi connectivity index (χ1n) is 9.63. The van der Waals surface area contributed by atoms with Gasteiger partial charge in [-0.2, -0.15) is 0 Å². The predicted octanol–water partition coefficient (Wildman–Crippen LogP) is 6.98. The fourth-order valence-electron chi connectivity index (χ4n) is 2.83. The number of hydrogen-bond donors (Lipinski definition) is 0. The quantitative estimate of drug-likeness (QED) is 0.220. The van der Waals surface area contributed by atoms with Gasteiger partial charge in [-0.1, -0.05) is 84.5 Å². The summed E-state index contributed by atoms with van der Waals surface area (Å²) in [7, 11) is -0.504. The minimum atomic E-state index is -0.504. The van der Waals surface area contributed by atoms with Crippen molar-refractivity contribution in [1.29, 1.82) is 0 Å². The zero-order chi connectivity index (χ0) is 15.8. The van der Waals surface area contributed by atoms with Gasteiger partial charge in [0.15, 0.2) is 0 Å². The van der Waals surface area contributed by atoms with Crippen LogP contribution >= 0.6 is 0 Å². The lowest BCUT2D eigenvalue weighted by Crippen LogP contribution is -2.16. The van der Waals surface area contributed by atoms with Gasteiger partial charge in [0.1, 0.15) is 0 Å². The van der Waals surface area contributed by atoms with Crippen LogP contribution in [0.4, 0.5) is 0 Å². The highest BCUT2D eigenvalue weighted by Gasteiger charge is 2.10. The maximum absolute atomic E-state index is 5.94. The molecule has 0 saturated heterocycles. The molecule has 2 heteroatoms. The molecule has 0 aromatic rings. The van der Waals surface area contributed by atoms with E-state index in [-0.39, 0.29) is 0 Å². The van der Waals surface area contributed by atoms with E-state index in [1.807, 2.05) is 0 Å². The summed E-state index contributed by atoms with van der Waals surface area (Å²) in [6, 6.07) is 0. The molecule has 1 atom stereocenters. The summed E-state index contributed by atoms with van der Waals surface area (Å²) in [6.07, 6.45) is 18.4. The summed E-state index contributed by atoms with van der Waals surface area (Å²) >= 11 is 0. The molecule has 21 heavy (non-hydrogen) atoms. The van der Waals surface area contributed by atoms with Crippen molar-refractivity contribution in [2.75, 3.05) is 6.61 Å². The van der Waals surface area contributed by atoms with E-state index in [0.29, 0.717) is 0 Å². The Morgan fingerprint density at radius 2 is 1.14 bits per heavy atom. The molecule has 0 aliphatic heterocycles. The predicted molar refractivity (Wildman–Crippen MR) is 98.3 cm³/mol. The Labute approximate surface area is 137 Å². The topological polar surface area (TPSA) is 9.23 Å². The van der Waals surface area contributed by atoms with Crippen LogP contribution in [-0.2, 0) is 4.43 Å². The van der Waals surface area contributed by atoms with Crippen molar-refractivity contribution in [3.8, 4) is 0 Å². The monoisotopic (exact) mass is 313 g/mol. The van der Waals surface area contributed by atoms with Gasteiger partial charge < -0.3 is 4.43 Å². The minimum absolute atomic E-state index is 0.504. The lowest BCUT2D eigenvalue weighted by Gasteiger charge is -2.18. The van der Waals surface area contributed by atoms with Crippen molar-refractivity contribution in [2.24, 2.45) is 5.92 Å². The highest BCUT2D eigenvalue weighted by molar-refractivity contribution is 6.48. The number of hydrogen-bond acceptors (Lipinski definition) is 1. The van der Waals surface area contributed by atoms with Gasteiger partial charge in [-0.05, 0) is 31.9 Å².